The van der Waals surface area contributed by atoms with Gasteiger partial charge in [0.05, 0.1) is 6.61 Å². The van der Waals surface area contributed by atoms with Crippen LogP contribution in [0.4, 0.5) is 0 Å². The first-order valence-electron chi connectivity index (χ1n) is 5.27. The van der Waals surface area contributed by atoms with Crippen molar-refractivity contribution in [2.45, 2.75) is 46.6 Å². The lowest BCUT2D eigenvalue weighted by molar-refractivity contribution is 0.0898. The minimum Gasteiger partial charge on any atom is -0.395 e. The normalized spacial score (nSPS) is 15.0. The van der Waals surface area contributed by atoms with Crippen molar-refractivity contribution in [1.82, 2.24) is 4.90 Å². The molecule has 1 N–H and O–H groups in total. The molecule has 0 aromatic rings. The van der Waals surface area contributed by atoms with Crippen LogP contribution in [0.25, 0.3) is 0 Å². The average molecular weight is 187 g/mol. The highest BCUT2D eigenvalue weighted by Crippen LogP contribution is 2.15. The SMILES string of the molecule is CCC(C)CN(CCO)C(C)(C)C. The van der Waals surface area contributed by atoms with Gasteiger partial charge in [0.2, 0.25) is 0 Å². The van der Waals surface area contributed by atoms with Crippen molar-refractivity contribution in [3.63, 3.8) is 0 Å². The molecule has 0 bridgehead atoms. The van der Waals surface area contributed by atoms with Crippen molar-refractivity contribution in [3.8, 4) is 0 Å². The van der Waals surface area contributed by atoms with E-state index in [0.717, 1.165) is 13.1 Å². The average Bonchev–Trinajstić information content (AvgIpc) is 2.01. The van der Waals surface area contributed by atoms with Crippen molar-refractivity contribution in [2.24, 2.45) is 5.92 Å². The second-order valence-electron chi connectivity index (χ2n) is 4.85. The summed E-state index contributed by atoms with van der Waals surface area (Å²) in [6, 6.07) is 0. The molecule has 0 saturated carbocycles. The molecule has 0 aliphatic carbocycles. The van der Waals surface area contributed by atoms with Gasteiger partial charge >= 0.3 is 0 Å². The Bertz CT molecular complexity index is 129. The molecule has 0 aliphatic heterocycles. The third-order valence-electron chi connectivity index (χ3n) is 2.55. The maximum Gasteiger partial charge on any atom is 0.0558 e. The molecule has 0 spiro atoms. The number of aliphatic hydroxyl groups is 1. The summed E-state index contributed by atoms with van der Waals surface area (Å²) in [4.78, 5) is 2.35. The van der Waals surface area contributed by atoms with E-state index in [2.05, 4.69) is 39.5 Å². The van der Waals surface area contributed by atoms with Crippen molar-refractivity contribution in [2.75, 3.05) is 19.7 Å². The smallest absolute Gasteiger partial charge is 0.0558 e. The molecule has 0 amide bonds. The Morgan fingerprint density at radius 2 is 1.85 bits per heavy atom. The van der Waals surface area contributed by atoms with Crippen molar-refractivity contribution >= 4 is 0 Å². The van der Waals surface area contributed by atoms with Crippen LogP contribution in [0.5, 0.6) is 0 Å². The predicted octanol–water partition coefficient (Wildman–Crippen LogP) is 2.13. The summed E-state index contributed by atoms with van der Waals surface area (Å²) in [6.07, 6.45) is 1.21. The largest absolute Gasteiger partial charge is 0.395 e. The zero-order valence-electron chi connectivity index (χ0n) is 9.80. The highest BCUT2D eigenvalue weighted by molar-refractivity contribution is 4.77. The Morgan fingerprint density at radius 1 is 1.31 bits per heavy atom. The highest BCUT2D eigenvalue weighted by atomic mass is 16.3. The van der Waals surface area contributed by atoms with Gasteiger partial charge in [-0.15, -0.1) is 0 Å². The van der Waals surface area contributed by atoms with Crippen molar-refractivity contribution < 1.29 is 5.11 Å². The van der Waals surface area contributed by atoms with Crippen LogP contribution in [0.1, 0.15) is 41.0 Å². The summed E-state index contributed by atoms with van der Waals surface area (Å²) in [5.74, 6) is 0.714. The molecule has 0 aliphatic rings. The van der Waals surface area contributed by atoms with Gasteiger partial charge in [0.25, 0.3) is 0 Å². The summed E-state index contributed by atoms with van der Waals surface area (Å²) in [6.45, 7) is 13.2. The molecule has 0 radical (unpaired) electrons. The number of β-amino-alcohol motifs (C(OH)–C–C–N with tert-alkyl or cyclic N) is 1. The Morgan fingerprint density at radius 3 is 2.15 bits per heavy atom. The van der Waals surface area contributed by atoms with Crippen LogP contribution in [0.2, 0.25) is 0 Å². The van der Waals surface area contributed by atoms with Crippen LogP contribution in [-0.2, 0) is 0 Å². The van der Waals surface area contributed by atoms with Crippen LogP contribution >= 0.6 is 0 Å². The first kappa shape index (κ1) is 12.9. The minimum atomic E-state index is 0.173. The van der Waals surface area contributed by atoms with E-state index in [1.165, 1.54) is 6.42 Å². The van der Waals surface area contributed by atoms with E-state index < -0.39 is 0 Å². The number of hydrogen-bond acceptors (Lipinski definition) is 2. The van der Waals surface area contributed by atoms with Crippen LogP contribution < -0.4 is 0 Å². The van der Waals surface area contributed by atoms with E-state index in [4.69, 9.17) is 5.11 Å². The molecule has 1 atom stereocenters. The molecule has 1 unspecified atom stereocenters. The molecule has 2 heteroatoms. The van der Waals surface area contributed by atoms with Crippen LogP contribution in [0.3, 0.4) is 0 Å². The molecule has 0 saturated heterocycles. The Balaban J connectivity index is 4.10. The van der Waals surface area contributed by atoms with E-state index in [0.29, 0.717) is 5.92 Å². The standard InChI is InChI=1S/C11H25NO/c1-6-10(2)9-12(7-8-13)11(3,4)5/h10,13H,6-9H2,1-5H3. The second kappa shape index (κ2) is 5.61. The number of aliphatic hydroxyl groups excluding tert-OH is 1. The van der Waals surface area contributed by atoms with Crippen LogP contribution in [0.15, 0.2) is 0 Å². The summed E-state index contributed by atoms with van der Waals surface area (Å²) in [5.41, 5.74) is 0.173. The van der Waals surface area contributed by atoms with Crippen LogP contribution in [-0.4, -0.2) is 35.2 Å². The predicted molar refractivity (Wildman–Crippen MR) is 57.9 cm³/mol. The van der Waals surface area contributed by atoms with Gasteiger partial charge in [-0.2, -0.15) is 0 Å². The lowest BCUT2D eigenvalue weighted by atomic mass is 10.0. The first-order chi connectivity index (χ1) is 5.91. The summed E-state index contributed by atoms with van der Waals surface area (Å²) < 4.78 is 0. The fourth-order valence-corrected chi connectivity index (χ4v) is 1.33. The van der Waals surface area contributed by atoms with Gasteiger partial charge in [-0.05, 0) is 26.7 Å². The molecule has 13 heavy (non-hydrogen) atoms. The fourth-order valence-electron chi connectivity index (χ4n) is 1.33. The van der Waals surface area contributed by atoms with Gasteiger partial charge in [-0.1, -0.05) is 20.3 Å². The van der Waals surface area contributed by atoms with E-state index in [1.807, 2.05) is 0 Å². The molecule has 0 heterocycles. The molecular weight excluding hydrogens is 162 g/mol. The molecular formula is C11H25NO. The summed E-state index contributed by atoms with van der Waals surface area (Å²) >= 11 is 0. The lowest BCUT2D eigenvalue weighted by Gasteiger charge is -2.36. The molecule has 0 fully saturated rings. The van der Waals surface area contributed by atoms with Gasteiger partial charge in [-0.3, -0.25) is 4.90 Å². The maximum atomic E-state index is 8.94. The van der Waals surface area contributed by atoms with Gasteiger partial charge in [0.1, 0.15) is 0 Å². The topological polar surface area (TPSA) is 23.5 Å². The lowest BCUT2D eigenvalue weighted by Crippen LogP contribution is -2.45. The third-order valence-corrected chi connectivity index (χ3v) is 2.55. The van der Waals surface area contributed by atoms with Gasteiger partial charge in [-0.25, -0.2) is 0 Å². The molecule has 0 rings (SSSR count). The van der Waals surface area contributed by atoms with Crippen molar-refractivity contribution in [1.29, 1.82) is 0 Å². The Hall–Kier alpha value is -0.0800. The third kappa shape index (κ3) is 5.27. The number of rotatable bonds is 5. The minimum absolute atomic E-state index is 0.173. The Labute approximate surface area is 82.9 Å². The van der Waals surface area contributed by atoms with Crippen LogP contribution in [0, 0.1) is 5.92 Å². The van der Waals surface area contributed by atoms with Crippen molar-refractivity contribution in [3.05, 3.63) is 0 Å². The van der Waals surface area contributed by atoms with Gasteiger partial charge < -0.3 is 5.11 Å². The van der Waals surface area contributed by atoms with E-state index >= 15 is 0 Å². The molecule has 2 nitrogen and oxygen atoms in total. The second-order valence-corrected chi connectivity index (χ2v) is 4.85. The summed E-state index contributed by atoms with van der Waals surface area (Å²) in [7, 11) is 0. The fraction of sp³-hybridized carbons (Fsp3) is 1.00. The molecule has 0 aromatic carbocycles. The highest BCUT2D eigenvalue weighted by Gasteiger charge is 2.21. The van der Waals surface area contributed by atoms with Gasteiger partial charge in [0.15, 0.2) is 0 Å². The van der Waals surface area contributed by atoms with E-state index in [1.54, 1.807) is 0 Å². The van der Waals surface area contributed by atoms with Gasteiger partial charge in [0, 0.05) is 18.6 Å². The number of hydrogen-bond donors (Lipinski definition) is 1. The quantitative estimate of drug-likeness (QED) is 0.712. The monoisotopic (exact) mass is 187 g/mol. The maximum absolute atomic E-state index is 8.94. The molecule has 80 valence electrons. The van der Waals surface area contributed by atoms with E-state index in [9.17, 15) is 0 Å². The Kier molecular flexibility index (Phi) is 5.57. The molecule has 0 aromatic heterocycles. The summed E-state index contributed by atoms with van der Waals surface area (Å²) in [5, 5.41) is 8.94. The zero-order chi connectivity index (χ0) is 10.5. The number of nitrogens with zero attached hydrogens (tertiary/aromatic N) is 1. The first-order valence-corrected chi connectivity index (χ1v) is 5.27. The zero-order valence-corrected chi connectivity index (χ0v) is 9.80. The van der Waals surface area contributed by atoms with E-state index in [-0.39, 0.29) is 12.1 Å².